The van der Waals surface area contributed by atoms with Crippen molar-refractivity contribution in [2.45, 2.75) is 33.0 Å². The maximum absolute atomic E-state index is 13.8. The summed E-state index contributed by atoms with van der Waals surface area (Å²) in [5, 5.41) is 3.04. The fraction of sp³-hybridized carbons (Fsp3) is 0.393. The van der Waals surface area contributed by atoms with Gasteiger partial charge in [0.1, 0.15) is 18.0 Å². The topological polar surface area (TPSA) is 89.0 Å². The summed E-state index contributed by atoms with van der Waals surface area (Å²) in [5.41, 5.74) is 0.216. The zero-order valence-electron chi connectivity index (χ0n) is 22.9. The number of hydrogen-bond donors (Lipinski definition) is 1. The summed E-state index contributed by atoms with van der Waals surface area (Å²) in [6.07, 6.45) is 2.22. The number of nitrogens with one attached hydrogen (secondary N) is 1. The number of anilines is 3. The van der Waals surface area contributed by atoms with Crippen molar-refractivity contribution in [2.24, 2.45) is 5.41 Å². The highest BCUT2D eigenvalue weighted by Gasteiger charge is 2.54. The predicted molar refractivity (Wildman–Crippen MR) is 141 cm³/mol. The summed E-state index contributed by atoms with van der Waals surface area (Å²) in [6.45, 7) is 7.67. The van der Waals surface area contributed by atoms with Crippen molar-refractivity contribution in [3.8, 4) is 11.5 Å². The molecule has 0 aliphatic carbocycles. The van der Waals surface area contributed by atoms with Gasteiger partial charge < -0.3 is 29.3 Å². The molecule has 2 aliphatic rings. The van der Waals surface area contributed by atoms with Gasteiger partial charge in [-0.2, -0.15) is 0 Å². The number of rotatable bonds is 7. The second kappa shape index (κ2) is 10.6. The van der Waals surface area contributed by atoms with Crippen LogP contribution >= 0.6 is 0 Å². The van der Waals surface area contributed by atoms with Crippen molar-refractivity contribution in [1.29, 1.82) is 0 Å². The Morgan fingerprint density at radius 1 is 1.00 bits per heavy atom. The van der Waals surface area contributed by atoms with Crippen LogP contribution < -0.4 is 19.7 Å². The summed E-state index contributed by atoms with van der Waals surface area (Å²) in [4.78, 5) is 24.4. The van der Waals surface area contributed by atoms with Gasteiger partial charge in [0.2, 0.25) is 5.95 Å². The van der Waals surface area contributed by atoms with Crippen LogP contribution in [0, 0.1) is 28.7 Å². The molecule has 2 fully saturated rings. The van der Waals surface area contributed by atoms with Crippen molar-refractivity contribution >= 4 is 23.4 Å². The molecule has 3 aromatic rings. The van der Waals surface area contributed by atoms with Gasteiger partial charge in [-0.15, -0.1) is 0 Å². The Balaban J connectivity index is 1.16. The van der Waals surface area contributed by atoms with Crippen LogP contribution in [0.25, 0.3) is 0 Å². The lowest BCUT2D eigenvalue weighted by Crippen LogP contribution is -2.73. The SMILES string of the molecule is COc1cc(Nc2ncc(OCc3c(F)c(F)cc(F)c3F)cn2)ccc1N1CC2(CN(C(=O)OC(C)(C)C)C2)C1. The zero-order chi connectivity index (χ0) is 29.5. The van der Waals surface area contributed by atoms with Gasteiger partial charge in [0.05, 0.1) is 30.8 Å². The van der Waals surface area contributed by atoms with E-state index in [-0.39, 0.29) is 29.3 Å². The Bertz CT molecular complexity index is 1430. The number of carbonyl (C=O) groups excluding carboxylic acids is 1. The molecule has 5 rings (SSSR count). The van der Waals surface area contributed by atoms with E-state index < -0.39 is 41.0 Å². The van der Waals surface area contributed by atoms with Crippen molar-refractivity contribution in [1.82, 2.24) is 14.9 Å². The quantitative estimate of drug-likeness (QED) is 0.295. The number of benzene rings is 2. The highest BCUT2D eigenvalue weighted by atomic mass is 19.2. The number of carbonyl (C=O) groups is 1. The molecule has 3 heterocycles. The molecular formula is C28H29F4N5O4. The maximum atomic E-state index is 13.8. The lowest BCUT2D eigenvalue weighted by atomic mass is 9.73. The van der Waals surface area contributed by atoms with E-state index in [2.05, 4.69) is 20.2 Å². The van der Waals surface area contributed by atoms with Gasteiger partial charge in [-0.3, -0.25) is 0 Å². The van der Waals surface area contributed by atoms with Crippen LogP contribution in [0.1, 0.15) is 26.3 Å². The molecule has 2 aliphatic heterocycles. The summed E-state index contributed by atoms with van der Waals surface area (Å²) < 4.78 is 70.7. The second-order valence-corrected chi connectivity index (χ2v) is 11.2. The molecule has 2 aromatic carbocycles. The molecule has 13 heteroatoms. The van der Waals surface area contributed by atoms with Gasteiger partial charge in [0.15, 0.2) is 29.0 Å². The van der Waals surface area contributed by atoms with E-state index in [9.17, 15) is 22.4 Å². The van der Waals surface area contributed by atoms with Gasteiger partial charge in [0.25, 0.3) is 0 Å². The normalized spacial score (nSPS) is 15.7. The fourth-order valence-corrected chi connectivity index (χ4v) is 4.86. The van der Waals surface area contributed by atoms with E-state index >= 15 is 0 Å². The van der Waals surface area contributed by atoms with Crippen LogP contribution in [-0.4, -0.2) is 59.9 Å². The predicted octanol–water partition coefficient (Wildman–Crippen LogP) is 5.42. The first kappa shape index (κ1) is 28.2. The van der Waals surface area contributed by atoms with Crippen LogP contribution in [0.3, 0.4) is 0 Å². The van der Waals surface area contributed by atoms with E-state index in [4.69, 9.17) is 14.2 Å². The Morgan fingerprint density at radius 2 is 1.63 bits per heavy atom. The summed E-state index contributed by atoms with van der Waals surface area (Å²) in [7, 11) is 1.57. The number of methoxy groups -OCH3 is 1. The van der Waals surface area contributed by atoms with Crippen LogP contribution in [0.15, 0.2) is 36.7 Å². The van der Waals surface area contributed by atoms with E-state index in [0.29, 0.717) is 24.5 Å². The van der Waals surface area contributed by atoms with Gasteiger partial charge in [-0.1, -0.05) is 0 Å². The molecule has 0 bridgehead atoms. The third-order valence-electron chi connectivity index (χ3n) is 6.75. The number of ether oxygens (including phenoxy) is 3. The van der Waals surface area contributed by atoms with E-state index in [1.165, 1.54) is 12.4 Å². The zero-order valence-corrected chi connectivity index (χ0v) is 22.9. The van der Waals surface area contributed by atoms with Crippen molar-refractivity contribution in [2.75, 3.05) is 43.5 Å². The van der Waals surface area contributed by atoms with Gasteiger partial charge >= 0.3 is 6.09 Å². The molecular weight excluding hydrogens is 546 g/mol. The van der Waals surface area contributed by atoms with E-state index in [1.54, 1.807) is 18.1 Å². The average molecular weight is 576 g/mol. The molecule has 0 unspecified atom stereocenters. The highest BCUT2D eigenvalue weighted by Crippen LogP contribution is 2.45. The smallest absolute Gasteiger partial charge is 0.410 e. The third kappa shape index (κ3) is 5.93. The van der Waals surface area contributed by atoms with Crippen LogP contribution in [0.4, 0.5) is 39.7 Å². The fourth-order valence-electron chi connectivity index (χ4n) is 4.86. The first-order valence-corrected chi connectivity index (χ1v) is 12.8. The van der Waals surface area contributed by atoms with E-state index in [1.807, 2.05) is 32.9 Å². The third-order valence-corrected chi connectivity index (χ3v) is 6.75. The minimum Gasteiger partial charge on any atom is -0.495 e. The standard InChI is InChI=1S/C28H29F4N5O4/c1-27(2,3)41-26(38)37-14-28(15-37)12-36(13-28)21-6-5-16(7-22(21)39-4)35-25-33-9-17(10-34-25)40-11-18-23(31)19(29)8-20(30)24(18)32/h5-10H,11-15H2,1-4H3,(H,33,34,35). The molecule has 1 N–H and O–H groups in total. The van der Waals surface area contributed by atoms with Crippen LogP contribution in [0.5, 0.6) is 11.5 Å². The molecule has 41 heavy (non-hydrogen) atoms. The van der Waals surface area contributed by atoms with E-state index in [0.717, 1.165) is 18.8 Å². The summed E-state index contributed by atoms with van der Waals surface area (Å²) in [5.74, 6) is -5.18. The van der Waals surface area contributed by atoms with Crippen LogP contribution in [-0.2, 0) is 11.3 Å². The Morgan fingerprint density at radius 3 is 2.22 bits per heavy atom. The summed E-state index contributed by atoms with van der Waals surface area (Å²) in [6, 6.07) is 5.69. The molecule has 1 amide bonds. The lowest BCUT2D eigenvalue weighted by molar-refractivity contribution is -0.0453. The minimum absolute atomic E-state index is 0.0416. The minimum atomic E-state index is -1.52. The number of aromatic nitrogens is 2. The molecule has 0 saturated carbocycles. The molecule has 2 saturated heterocycles. The first-order chi connectivity index (χ1) is 19.4. The number of hydrogen-bond acceptors (Lipinski definition) is 8. The highest BCUT2D eigenvalue weighted by molar-refractivity contribution is 5.71. The maximum Gasteiger partial charge on any atom is 0.410 e. The van der Waals surface area contributed by atoms with Gasteiger partial charge in [0, 0.05) is 49.4 Å². The molecule has 9 nitrogen and oxygen atoms in total. The van der Waals surface area contributed by atoms with Gasteiger partial charge in [-0.25, -0.2) is 32.3 Å². The molecule has 1 spiro atoms. The van der Waals surface area contributed by atoms with Crippen molar-refractivity contribution in [3.63, 3.8) is 0 Å². The molecule has 0 radical (unpaired) electrons. The Hall–Kier alpha value is -4.29. The van der Waals surface area contributed by atoms with Crippen molar-refractivity contribution < 1.29 is 36.6 Å². The van der Waals surface area contributed by atoms with Crippen LogP contribution in [0.2, 0.25) is 0 Å². The number of amides is 1. The molecule has 218 valence electrons. The number of halogens is 4. The Kier molecular flexibility index (Phi) is 7.30. The monoisotopic (exact) mass is 575 g/mol. The number of nitrogens with zero attached hydrogens (tertiary/aromatic N) is 4. The Labute approximate surface area is 234 Å². The average Bonchev–Trinajstić information content (AvgIpc) is 2.86. The summed E-state index contributed by atoms with van der Waals surface area (Å²) >= 11 is 0. The lowest BCUT2D eigenvalue weighted by Gasteiger charge is -2.60. The largest absolute Gasteiger partial charge is 0.495 e. The first-order valence-electron chi connectivity index (χ1n) is 12.8. The molecule has 0 atom stereocenters. The molecule has 1 aromatic heterocycles. The number of likely N-dealkylation sites (tertiary alicyclic amines) is 1. The second-order valence-electron chi connectivity index (χ2n) is 11.2. The van der Waals surface area contributed by atoms with Gasteiger partial charge in [-0.05, 0) is 32.9 Å². The van der Waals surface area contributed by atoms with Crippen molar-refractivity contribution in [3.05, 3.63) is 65.5 Å².